The largest absolute Gasteiger partial charge is 0.309 e. The Kier molecular flexibility index (Phi) is 2.96. The van der Waals surface area contributed by atoms with Gasteiger partial charge >= 0.3 is 0 Å². The number of nitrogens with one attached hydrogen (secondary N) is 1. The first kappa shape index (κ1) is 9.56. The van der Waals surface area contributed by atoms with E-state index in [9.17, 15) is 0 Å². The fourth-order valence-corrected chi connectivity index (χ4v) is 2.22. The lowest BCUT2D eigenvalue weighted by Crippen LogP contribution is -2.29. The van der Waals surface area contributed by atoms with Crippen LogP contribution in [0.3, 0.4) is 0 Å². The smallest absolute Gasteiger partial charge is 0.0272 e. The van der Waals surface area contributed by atoms with Crippen molar-refractivity contribution in [1.82, 2.24) is 10.2 Å². The highest BCUT2D eigenvalue weighted by Gasteiger charge is 2.27. The summed E-state index contributed by atoms with van der Waals surface area (Å²) in [5.41, 5.74) is 0. The summed E-state index contributed by atoms with van der Waals surface area (Å²) in [6, 6.07) is 1.56. The van der Waals surface area contributed by atoms with Gasteiger partial charge in [0.15, 0.2) is 0 Å². The predicted octanol–water partition coefficient (Wildman–Crippen LogP) is 1.20. The Hall–Kier alpha value is 0.01000. The topological polar surface area (TPSA) is 15.3 Å². The Morgan fingerprint density at radius 1 is 1.54 bits per heavy atom. The minimum atomic E-state index is 0.661. The van der Waals surface area contributed by atoms with Gasteiger partial charge in [-0.1, -0.05) is 12.2 Å². The van der Waals surface area contributed by atoms with Crippen molar-refractivity contribution in [3.8, 4) is 0 Å². The second-order valence-electron chi connectivity index (χ2n) is 4.32. The Morgan fingerprint density at radius 3 is 2.85 bits per heavy atom. The Balaban J connectivity index is 1.64. The van der Waals surface area contributed by atoms with E-state index in [-0.39, 0.29) is 0 Å². The number of nitrogens with zero attached hydrogens (tertiary/aromatic N) is 1. The minimum absolute atomic E-state index is 0.661. The lowest BCUT2D eigenvalue weighted by Gasteiger charge is -2.18. The third-order valence-electron chi connectivity index (χ3n) is 3.06. The summed E-state index contributed by atoms with van der Waals surface area (Å²) in [4.78, 5) is 3.70. The van der Waals surface area contributed by atoms with Crippen LogP contribution in [-0.4, -0.2) is 42.0 Å². The van der Waals surface area contributed by atoms with Crippen molar-refractivity contribution >= 4 is 17.1 Å². The summed E-state index contributed by atoms with van der Waals surface area (Å²) in [5.74, 6) is 0. The molecule has 13 heavy (non-hydrogen) atoms. The van der Waals surface area contributed by atoms with Gasteiger partial charge in [0.25, 0.3) is 0 Å². The maximum Gasteiger partial charge on any atom is 0.0272 e. The fraction of sp³-hybridized carbons (Fsp3) is 0.900. The molecule has 1 aliphatic heterocycles. The molecule has 3 heteroatoms. The second kappa shape index (κ2) is 4.03. The van der Waals surface area contributed by atoms with Crippen LogP contribution in [0.25, 0.3) is 0 Å². The average Bonchev–Trinajstić information content (AvgIpc) is 2.87. The highest BCUT2D eigenvalue weighted by molar-refractivity contribution is 7.80. The zero-order valence-corrected chi connectivity index (χ0v) is 9.07. The van der Waals surface area contributed by atoms with Crippen molar-refractivity contribution in [3.63, 3.8) is 0 Å². The molecule has 1 heterocycles. The normalized spacial score (nSPS) is 28.8. The number of rotatable bonds is 4. The molecule has 74 valence electrons. The van der Waals surface area contributed by atoms with Gasteiger partial charge in [-0.15, -0.1) is 0 Å². The van der Waals surface area contributed by atoms with E-state index in [0.717, 1.165) is 19.0 Å². The monoisotopic (exact) mass is 198 g/mol. The van der Waals surface area contributed by atoms with E-state index >= 15 is 0 Å². The molecular weight excluding hydrogens is 180 g/mol. The number of hydrogen-bond acceptors (Lipinski definition) is 3. The molecule has 0 aromatic rings. The van der Waals surface area contributed by atoms with E-state index in [2.05, 4.69) is 17.3 Å². The van der Waals surface area contributed by atoms with Crippen LogP contribution in [0.15, 0.2) is 0 Å². The Labute approximate surface area is 85.7 Å². The lowest BCUT2D eigenvalue weighted by atomic mass is 10.1. The van der Waals surface area contributed by atoms with Crippen LogP contribution in [0.2, 0.25) is 0 Å². The van der Waals surface area contributed by atoms with E-state index < -0.39 is 0 Å². The molecule has 0 radical (unpaired) electrons. The molecule has 2 fully saturated rings. The van der Waals surface area contributed by atoms with Crippen LogP contribution >= 0.6 is 12.2 Å². The molecule has 0 amide bonds. The maximum atomic E-state index is 5.16. The first-order valence-electron chi connectivity index (χ1n) is 5.21. The summed E-state index contributed by atoms with van der Waals surface area (Å²) >= 11 is 5.16. The standard InChI is InChI=1S/C10H18N2S/c1-12(9-2-3-9)5-4-8-6-10(13)7-11-8/h8-9,11H,2-7H2,1H3. The van der Waals surface area contributed by atoms with E-state index in [4.69, 9.17) is 12.2 Å². The molecule has 0 spiro atoms. The van der Waals surface area contributed by atoms with Crippen LogP contribution in [0.5, 0.6) is 0 Å². The van der Waals surface area contributed by atoms with Crippen LogP contribution in [0.4, 0.5) is 0 Å². The molecule has 2 rings (SSSR count). The highest BCUT2D eigenvalue weighted by Crippen LogP contribution is 2.25. The van der Waals surface area contributed by atoms with Crippen LogP contribution in [-0.2, 0) is 0 Å². The molecule has 0 bridgehead atoms. The molecule has 0 aromatic carbocycles. The molecule has 2 nitrogen and oxygen atoms in total. The van der Waals surface area contributed by atoms with Crippen molar-refractivity contribution in [3.05, 3.63) is 0 Å². The van der Waals surface area contributed by atoms with E-state index in [0.29, 0.717) is 6.04 Å². The van der Waals surface area contributed by atoms with Gasteiger partial charge in [0.2, 0.25) is 0 Å². The van der Waals surface area contributed by atoms with Gasteiger partial charge in [0.1, 0.15) is 0 Å². The zero-order valence-electron chi connectivity index (χ0n) is 8.25. The van der Waals surface area contributed by atoms with Crippen molar-refractivity contribution in [2.24, 2.45) is 0 Å². The molecule has 0 aromatic heterocycles. The van der Waals surface area contributed by atoms with Gasteiger partial charge in [-0.05, 0) is 39.3 Å². The summed E-state index contributed by atoms with van der Waals surface area (Å²) in [7, 11) is 2.24. The second-order valence-corrected chi connectivity index (χ2v) is 4.90. The summed E-state index contributed by atoms with van der Waals surface area (Å²) in [6.07, 6.45) is 5.20. The molecule has 1 N–H and O–H groups in total. The number of thiocarbonyl (C=S) groups is 1. The third kappa shape index (κ3) is 2.73. The third-order valence-corrected chi connectivity index (χ3v) is 3.37. The van der Waals surface area contributed by atoms with Crippen molar-refractivity contribution < 1.29 is 0 Å². The summed E-state index contributed by atoms with van der Waals surface area (Å²) < 4.78 is 0. The Morgan fingerprint density at radius 2 is 2.31 bits per heavy atom. The average molecular weight is 198 g/mol. The lowest BCUT2D eigenvalue weighted by molar-refractivity contribution is 0.304. The van der Waals surface area contributed by atoms with Crippen LogP contribution in [0, 0.1) is 0 Å². The SMILES string of the molecule is CN(CCC1CC(=S)CN1)C1CC1. The molecule has 1 aliphatic carbocycles. The summed E-state index contributed by atoms with van der Waals surface area (Å²) in [6.45, 7) is 2.19. The van der Waals surface area contributed by atoms with E-state index in [1.165, 1.54) is 30.7 Å². The summed E-state index contributed by atoms with van der Waals surface area (Å²) in [5, 5.41) is 3.45. The molecule has 2 aliphatic rings. The molecule has 1 unspecified atom stereocenters. The molecular formula is C10H18N2S. The zero-order chi connectivity index (χ0) is 9.26. The highest BCUT2D eigenvalue weighted by atomic mass is 32.1. The van der Waals surface area contributed by atoms with Gasteiger partial charge in [0, 0.05) is 23.5 Å². The predicted molar refractivity (Wildman–Crippen MR) is 59.3 cm³/mol. The van der Waals surface area contributed by atoms with Crippen molar-refractivity contribution in [1.29, 1.82) is 0 Å². The first-order chi connectivity index (χ1) is 6.25. The molecule has 1 saturated heterocycles. The fourth-order valence-electron chi connectivity index (χ4n) is 1.94. The van der Waals surface area contributed by atoms with Crippen LogP contribution in [0.1, 0.15) is 25.7 Å². The quantitative estimate of drug-likeness (QED) is 0.683. The van der Waals surface area contributed by atoms with Gasteiger partial charge in [0.05, 0.1) is 0 Å². The first-order valence-corrected chi connectivity index (χ1v) is 5.62. The van der Waals surface area contributed by atoms with Crippen molar-refractivity contribution in [2.45, 2.75) is 37.8 Å². The minimum Gasteiger partial charge on any atom is -0.309 e. The maximum absolute atomic E-state index is 5.16. The Bertz CT molecular complexity index is 201. The van der Waals surface area contributed by atoms with Crippen LogP contribution < -0.4 is 5.32 Å². The van der Waals surface area contributed by atoms with Crippen molar-refractivity contribution in [2.75, 3.05) is 20.1 Å². The molecule has 1 atom stereocenters. The molecule has 1 saturated carbocycles. The van der Waals surface area contributed by atoms with Gasteiger partial charge < -0.3 is 10.2 Å². The van der Waals surface area contributed by atoms with Gasteiger partial charge in [-0.3, -0.25) is 0 Å². The van der Waals surface area contributed by atoms with E-state index in [1.807, 2.05) is 0 Å². The number of hydrogen-bond donors (Lipinski definition) is 1. The van der Waals surface area contributed by atoms with Gasteiger partial charge in [-0.2, -0.15) is 0 Å². The van der Waals surface area contributed by atoms with Gasteiger partial charge in [-0.25, -0.2) is 0 Å². The van der Waals surface area contributed by atoms with E-state index in [1.54, 1.807) is 0 Å².